The molecule has 0 unspecified atom stereocenters. The maximum Gasteiger partial charge on any atom is 0.242 e. The summed E-state index contributed by atoms with van der Waals surface area (Å²) in [6, 6.07) is 6.19. The summed E-state index contributed by atoms with van der Waals surface area (Å²) >= 11 is 0. The molecular weight excluding hydrogens is 510 g/mol. The zero-order chi connectivity index (χ0) is 28.8. The SMILES string of the molecule is COc1cc2c(c(OC)c1OC)-c1ccc(N[C@@H](C)C(=O)NC3CCCCCC3)c(=O)cc1[C@H](NC(C)=O)CC2. The Labute approximate surface area is 236 Å². The largest absolute Gasteiger partial charge is 0.493 e. The first-order valence-corrected chi connectivity index (χ1v) is 14.1. The molecule has 1 saturated carbocycles. The van der Waals surface area contributed by atoms with Gasteiger partial charge in [0.05, 0.1) is 33.1 Å². The van der Waals surface area contributed by atoms with Crippen LogP contribution in [0.4, 0.5) is 5.69 Å². The zero-order valence-corrected chi connectivity index (χ0v) is 24.1. The van der Waals surface area contributed by atoms with Gasteiger partial charge in [-0.25, -0.2) is 0 Å². The average Bonchev–Trinajstić information content (AvgIpc) is 3.34. The lowest BCUT2D eigenvalue weighted by molar-refractivity contribution is -0.122. The highest BCUT2D eigenvalue weighted by molar-refractivity contribution is 5.86. The Morgan fingerprint density at radius 3 is 2.23 bits per heavy atom. The van der Waals surface area contributed by atoms with Gasteiger partial charge in [0.2, 0.25) is 23.0 Å². The number of fused-ring (bicyclic) bond motifs is 3. The van der Waals surface area contributed by atoms with E-state index in [0.29, 0.717) is 41.3 Å². The Kier molecular flexibility index (Phi) is 9.55. The summed E-state index contributed by atoms with van der Waals surface area (Å²) in [6.07, 6.45) is 7.81. The second-order valence-electron chi connectivity index (χ2n) is 10.7. The van der Waals surface area contributed by atoms with E-state index in [0.717, 1.165) is 42.4 Å². The van der Waals surface area contributed by atoms with Crippen molar-refractivity contribution in [1.29, 1.82) is 0 Å². The van der Waals surface area contributed by atoms with Crippen LogP contribution >= 0.6 is 0 Å². The Morgan fingerprint density at radius 1 is 0.900 bits per heavy atom. The Hall–Kier alpha value is -3.75. The molecule has 0 aliphatic heterocycles. The van der Waals surface area contributed by atoms with Gasteiger partial charge < -0.3 is 30.2 Å². The molecule has 0 radical (unpaired) electrons. The van der Waals surface area contributed by atoms with Crippen LogP contribution in [0.1, 0.15) is 76.0 Å². The summed E-state index contributed by atoms with van der Waals surface area (Å²) in [4.78, 5) is 38.7. The van der Waals surface area contributed by atoms with E-state index in [1.807, 2.05) is 12.1 Å². The number of rotatable bonds is 8. The van der Waals surface area contributed by atoms with Gasteiger partial charge in [0.15, 0.2) is 11.5 Å². The molecular formula is C31H41N3O6. The summed E-state index contributed by atoms with van der Waals surface area (Å²) in [6.45, 7) is 3.23. The molecule has 40 heavy (non-hydrogen) atoms. The van der Waals surface area contributed by atoms with E-state index < -0.39 is 12.1 Å². The van der Waals surface area contributed by atoms with E-state index in [4.69, 9.17) is 14.2 Å². The van der Waals surface area contributed by atoms with Crippen molar-refractivity contribution in [2.24, 2.45) is 0 Å². The Bertz CT molecular complexity index is 1300. The fraction of sp³-hybridized carbons (Fsp3) is 0.516. The monoisotopic (exact) mass is 551 g/mol. The maximum atomic E-state index is 13.5. The molecule has 216 valence electrons. The van der Waals surface area contributed by atoms with Crippen LogP contribution in [0.2, 0.25) is 0 Å². The molecule has 0 saturated heterocycles. The van der Waals surface area contributed by atoms with Crippen molar-refractivity contribution in [2.45, 2.75) is 83.3 Å². The van der Waals surface area contributed by atoms with Crippen molar-refractivity contribution >= 4 is 17.5 Å². The lowest BCUT2D eigenvalue weighted by Crippen LogP contribution is -2.43. The summed E-state index contributed by atoms with van der Waals surface area (Å²) < 4.78 is 17.1. The predicted octanol–water partition coefficient (Wildman–Crippen LogP) is 4.50. The molecule has 9 nitrogen and oxygen atoms in total. The maximum absolute atomic E-state index is 13.5. The van der Waals surface area contributed by atoms with Crippen molar-refractivity contribution in [3.05, 3.63) is 45.6 Å². The number of methoxy groups -OCH3 is 3. The van der Waals surface area contributed by atoms with Gasteiger partial charge >= 0.3 is 0 Å². The van der Waals surface area contributed by atoms with E-state index in [-0.39, 0.29) is 23.3 Å². The van der Waals surface area contributed by atoms with E-state index in [9.17, 15) is 14.4 Å². The van der Waals surface area contributed by atoms with Crippen LogP contribution in [0, 0.1) is 0 Å². The van der Waals surface area contributed by atoms with Gasteiger partial charge in [0, 0.05) is 18.5 Å². The fourth-order valence-electron chi connectivity index (χ4n) is 5.88. The molecule has 0 spiro atoms. The third-order valence-electron chi connectivity index (χ3n) is 7.88. The molecule has 2 aromatic rings. The fourth-order valence-corrected chi connectivity index (χ4v) is 5.88. The number of amides is 2. The van der Waals surface area contributed by atoms with Crippen molar-refractivity contribution in [3.8, 4) is 28.4 Å². The zero-order valence-electron chi connectivity index (χ0n) is 24.1. The number of aryl methyl sites for hydroxylation is 1. The molecule has 2 aliphatic carbocycles. The van der Waals surface area contributed by atoms with Crippen LogP contribution in [-0.4, -0.2) is 45.2 Å². The Balaban J connectivity index is 1.76. The van der Waals surface area contributed by atoms with Crippen LogP contribution in [0.25, 0.3) is 11.1 Å². The minimum atomic E-state index is -0.601. The number of hydrogen-bond acceptors (Lipinski definition) is 7. The number of benzene rings is 1. The minimum absolute atomic E-state index is 0.126. The molecule has 0 bridgehead atoms. The van der Waals surface area contributed by atoms with Crippen molar-refractivity contribution in [3.63, 3.8) is 0 Å². The predicted molar refractivity (Wildman–Crippen MR) is 155 cm³/mol. The lowest BCUT2D eigenvalue weighted by Gasteiger charge is -2.20. The van der Waals surface area contributed by atoms with Gasteiger partial charge in [-0.2, -0.15) is 0 Å². The molecule has 2 aliphatic rings. The molecule has 1 fully saturated rings. The van der Waals surface area contributed by atoms with Crippen LogP contribution < -0.4 is 35.6 Å². The van der Waals surface area contributed by atoms with Crippen LogP contribution in [0.5, 0.6) is 17.2 Å². The highest BCUT2D eigenvalue weighted by Gasteiger charge is 2.29. The van der Waals surface area contributed by atoms with Gasteiger partial charge in [-0.3, -0.25) is 14.4 Å². The smallest absolute Gasteiger partial charge is 0.242 e. The van der Waals surface area contributed by atoms with Gasteiger partial charge in [0.25, 0.3) is 0 Å². The minimum Gasteiger partial charge on any atom is -0.493 e. The number of carbonyl (C=O) groups is 2. The standard InChI is InChI=1S/C31H41N3O6/c1-18(31(37)34-21-10-8-6-7-9-11-21)32-25-15-13-22-23(17-26(25)36)24(33-19(2)35)14-12-20-16-27(38-3)29(39-4)30(40-5)28(20)22/h13,15-18,21,24H,6-12,14H2,1-5H3,(H,32,36)(H,33,35)(H,34,37)/t18-,24+/m0/s1. The molecule has 9 heteroatoms. The van der Waals surface area contributed by atoms with Crippen molar-refractivity contribution in [1.82, 2.24) is 10.6 Å². The van der Waals surface area contributed by atoms with E-state index >= 15 is 0 Å². The van der Waals surface area contributed by atoms with Gasteiger partial charge in [-0.05, 0) is 67.5 Å². The second-order valence-corrected chi connectivity index (χ2v) is 10.7. The summed E-state index contributed by atoms with van der Waals surface area (Å²) in [7, 11) is 4.69. The molecule has 4 rings (SSSR count). The summed E-state index contributed by atoms with van der Waals surface area (Å²) in [5.41, 5.74) is 3.18. The van der Waals surface area contributed by atoms with Gasteiger partial charge in [-0.15, -0.1) is 0 Å². The van der Waals surface area contributed by atoms with Crippen molar-refractivity contribution < 1.29 is 23.8 Å². The molecule has 2 atom stereocenters. The first-order chi connectivity index (χ1) is 19.3. The molecule has 2 aromatic carbocycles. The first kappa shape index (κ1) is 29.2. The van der Waals surface area contributed by atoms with Gasteiger partial charge in [-0.1, -0.05) is 31.7 Å². The quantitative estimate of drug-likeness (QED) is 0.414. The number of anilines is 1. The van der Waals surface area contributed by atoms with Crippen LogP contribution in [0.3, 0.4) is 0 Å². The van der Waals surface area contributed by atoms with E-state index in [1.165, 1.54) is 19.8 Å². The number of carbonyl (C=O) groups excluding carboxylic acids is 2. The van der Waals surface area contributed by atoms with Crippen LogP contribution in [0.15, 0.2) is 29.1 Å². The second kappa shape index (κ2) is 13.1. The highest BCUT2D eigenvalue weighted by Crippen LogP contribution is 2.50. The normalized spacial score (nSPS) is 17.7. The third-order valence-corrected chi connectivity index (χ3v) is 7.88. The average molecular weight is 552 g/mol. The Morgan fingerprint density at radius 2 is 1.60 bits per heavy atom. The van der Waals surface area contributed by atoms with E-state index in [2.05, 4.69) is 16.0 Å². The summed E-state index contributed by atoms with van der Waals surface area (Å²) in [5, 5.41) is 9.30. The van der Waals surface area contributed by atoms with E-state index in [1.54, 1.807) is 40.4 Å². The lowest BCUT2D eigenvalue weighted by atomic mass is 9.95. The highest BCUT2D eigenvalue weighted by atomic mass is 16.5. The van der Waals surface area contributed by atoms with Crippen LogP contribution in [-0.2, 0) is 16.0 Å². The number of nitrogens with one attached hydrogen (secondary N) is 3. The van der Waals surface area contributed by atoms with Crippen molar-refractivity contribution in [2.75, 3.05) is 26.6 Å². The molecule has 2 amide bonds. The molecule has 0 aromatic heterocycles. The summed E-state index contributed by atoms with van der Waals surface area (Å²) in [5.74, 6) is 1.16. The molecule has 3 N–H and O–H groups in total. The molecule has 0 heterocycles. The number of hydrogen-bond donors (Lipinski definition) is 3. The first-order valence-electron chi connectivity index (χ1n) is 14.1. The number of ether oxygens (including phenoxy) is 3. The van der Waals surface area contributed by atoms with Gasteiger partial charge in [0.1, 0.15) is 6.04 Å². The topological polar surface area (TPSA) is 115 Å². The third kappa shape index (κ3) is 6.35.